The zero-order chi connectivity index (χ0) is 23.1. The van der Waals surface area contributed by atoms with Crippen molar-refractivity contribution in [2.75, 3.05) is 36.0 Å². The number of aryl methyl sites for hydroxylation is 2. The molecule has 0 radical (unpaired) electrons. The zero-order valence-corrected chi connectivity index (χ0v) is 20.0. The summed E-state index contributed by atoms with van der Waals surface area (Å²) >= 11 is 1.50. The van der Waals surface area contributed by atoms with E-state index < -0.39 is 0 Å². The van der Waals surface area contributed by atoms with Crippen LogP contribution in [0.2, 0.25) is 0 Å². The Kier molecular flexibility index (Phi) is 5.54. The van der Waals surface area contributed by atoms with Gasteiger partial charge in [-0.1, -0.05) is 30.3 Å². The lowest BCUT2D eigenvalue weighted by molar-refractivity contribution is -0.120. The molecule has 0 unspecified atom stereocenters. The first-order valence-corrected chi connectivity index (χ1v) is 12.1. The maximum atomic E-state index is 13.8. The van der Waals surface area contributed by atoms with Crippen molar-refractivity contribution >= 4 is 40.1 Å². The Morgan fingerprint density at radius 2 is 1.52 bits per heavy atom. The number of amides is 2. The molecule has 3 heterocycles. The highest BCUT2D eigenvalue weighted by Crippen LogP contribution is 2.38. The standard InChI is InChI=1S/C27H27N3O2S/c1-18-7-4-9-21(17-18)28-12-14-29(15-13-28)25-24(23-11-6-16-33-23)26(31)30(27(25)32)22-10-5-8-19(2)20(22)3/h4-11,16-17H,12-15H2,1-3H3. The number of nitrogens with zero attached hydrogens (tertiary/aromatic N) is 3. The predicted octanol–water partition coefficient (Wildman–Crippen LogP) is 4.78. The first-order chi connectivity index (χ1) is 16.0. The Hall–Kier alpha value is -3.38. The minimum absolute atomic E-state index is 0.221. The van der Waals surface area contributed by atoms with Crippen LogP contribution < -0.4 is 9.80 Å². The maximum absolute atomic E-state index is 13.8. The Morgan fingerprint density at radius 3 is 2.21 bits per heavy atom. The van der Waals surface area contributed by atoms with E-state index in [1.165, 1.54) is 27.5 Å². The molecule has 168 valence electrons. The molecular weight excluding hydrogens is 430 g/mol. The summed E-state index contributed by atoms with van der Waals surface area (Å²) in [5.74, 6) is -0.451. The molecule has 5 nitrogen and oxygen atoms in total. The second-order valence-corrected chi connectivity index (χ2v) is 9.63. The van der Waals surface area contributed by atoms with Crippen molar-refractivity contribution in [2.24, 2.45) is 0 Å². The fourth-order valence-electron chi connectivity index (χ4n) is 4.66. The summed E-state index contributed by atoms with van der Waals surface area (Å²) < 4.78 is 0. The minimum Gasteiger partial charge on any atom is -0.368 e. The first kappa shape index (κ1) is 21.5. The third-order valence-electron chi connectivity index (χ3n) is 6.61. The summed E-state index contributed by atoms with van der Waals surface area (Å²) in [6.45, 7) is 9.06. The molecule has 0 bridgehead atoms. The van der Waals surface area contributed by atoms with Gasteiger partial charge in [0.1, 0.15) is 5.70 Å². The number of carbonyl (C=O) groups excluding carboxylic acids is 2. The predicted molar refractivity (Wildman–Crippen MR) is 135 cm³/mol. The van der Waals surface area contributed by atoms with E-state index in [0.717, 1.165) is 29.1 Å². The molecule has 3 aromatic rings. The number of carbonyl (C=O) groups is 2. The number of imide groups is 1. The van der Waals surface area contributed by atoms with Crippen LogP contribution in [0.25, 0.3) is 5.57 Å². The zero-order valence-electron chi connectivity index (χ0n) is 19.2. The lowest BCUT2D eigenvalue weighted by Gasteiger charge is -2.37. The van der Waals surface area contributed by atoms with Gasteiger partial charge in [-0.25, -0.2) is 4.90 Å². The monoisotopic (exact) mass is 457 g/mol. The number of benzene rings is 2. The molecule has 2 aliphatic heterocycles. The van der Waals surface area contributed by atoms with Gasteiger partial charge in [-0.05, 0) is 67.1 Å². The van der Waals surface area contributed by atoms with E-state index in [1.807, 2.05) is 49.6 Å². The fraction of sp³-hybridized carbons (Fsp3) is 0.259. The SMILES string of the molecule is Cc1cccc(N2CCN(C3=C(c4cccs4)C(=O)N(c4cccc(C)c4C)C3=O)CC2)c1. The van der Waals surface area contributed by atoms with Crippen molar-refractivity contribution in [1.82, 2.24) is 4.90 Å². The van der Waals surface area contributed by atoms with Gasteiger partial charge in [0.05, 0.1) is 11.3 Å². The molecule has 6 heteroatoms. The summed E-state index contributed by atoms with van der Waals surface area (Å²) in [6.07, 6.45) is 0. The van der Waals surface area contributed by atoms with Gasteiger partial charge >= 0.3 is 0 Å². The summed E-state index contributed by atoms with van der Waals surface area (Å²) in [4.78, 5) is 34.1. The normalized spacial score (nSPS) is 16.9. The van der Waals surface area contributed by atoms with E-state index >= 15 is 0 Å². The van der Waals surface area contributed by atoms with Crippen LogP contribution in [-0.2, 0) is 9.59 Å². The molecule has 1 saturated heterocycles. The third kappa shape index (κ3) is 3.74. The van der Waals surface area contributed by atoms with Crippen molar-refractivity contribution in [3.8, 4) is 0 Å². The van der Waals surface area contributed by atoms with Gasteiger partial charge in [0, 0.05) is 36.7 Å². The van der Waals surface area contributed by atoms with Gasteiger partial charge < -0.3 is 9.80 Å². The van der Waals surface area contributed by atoms with Crippen molar-refractivity contribution in [1.29, 1.82) is 0 Å². The summed E-state index contributed by atoms with van der Waals surface area (Å²) in [6, 6.07) is 18.1. The average molecular weight is 458 g/mol. The van der Waals surface area contributed by atoms with E-state index in [9.17, 15) is 9.59 Å². The lowest BCUT2D eigenvalue weighted by atomic mass is 10.1. The highest BCUT2D eigenvalue weighted by Gasteiger charge is 2.43. The van der Waals surface area contributed by atoms with Crippen LogP contribution in [-0.4, -0.2) is 42.9 Å². The van der Waals surface area contributed by atoms with Crippen molar-refractivity contribution in [3.05, 3.63) is 87.2 Å². The van der Waals surface area contributed by atoms with Gasteiger partial charge in [0.15, 0.2) is 0 Å². The number of hydrogen-bond donors (Lipinski definition) is 0. The van der Waals surface area contributed by atoms with E-state index in [2.05, 4.69) is 41.0 Å². The van der Waals surface area contributed by atoms with Crippen molar-refractivity contribution in [3.63, 3.8) is 0 Å². The van der Waals surface area contributed by atoms with Gasteiger partial charge in [-0.2, -0.15) is 0 Å². The van der Waals surface area contributed by atoms with E-state index in [4.69, 9.17) is 0 Å². The van der Waals surface area contributed by atoms with Crippen LogP contribution in [0.15, 0.2) is 65.7 Å². The molecule has 0 saturated carbocycles. The first-order valence-electron chi connectivity index (χ1n) is 11.3. The number of rotatable bonds is 4. The molecule has 0 N–H and O–H groups in total. The van der Waals surface area contributed by atoms with Gasteiger partial charge in [-0.3, -0.25) is 9.59 Å². The van der Waals surface area contributed by atoms with Crippen LogP contribution >= 0.6 is 11.3 Å². The fourth-order valence-corrected chi connectivity index (χ4v) is 5.43. The number of thiophene rings is 1. The van der Waals surface area contributed by atoms with E-state index in [0.29, 0.717) is 30.0 Å². The smallest absolute Gasteiger partial charge is 0.282 e. The van der Waals surface area contributed by atoms with Gasteiger partial charge in [-0.15, -0.1) is 11.3 Å². The minimum atomic E-state index is -0.229. The van der Waals surface area contributed by atoms with E-state index in [-0.39, 0.29) is 11.8 Å². The van der Waals surface area contributed by atoms with Gasteiger partial charge in [0.2, 0.25) is 0 Å². The molecule has 0 atom stereocenters. The molecule has 0 spiro atoms. The highest BCUT2D eigenvalue weighted by atomic mass is 32.1. The highest BCUT2D eigenvalue weighted by molar-refractivity contribution is 7.11. The second-order valence-electron chi connectivity index (χ2n) is 8.68. The topological polar surface area (TPSA) is 43.9 Å². The molecule has 5 rings (SSSR count). The van der Waals surface area contributed by atoms with E-state index in [1.54, 1.807) is 0 Å². The quantitative estimate of drug-likeness (QED) is 0.529. The Bertz CT molecular complexity index is 1250. The third-order valence-corrected chi connectivity index (χ3v) is 7.49. The van der Waals surface area contributed by atoms with Gasteiger partial charge in [0.25, 0.3) is 11.8 Å². The van der Waals surface area contributed by atoms with Crippen LogP contribution in [0.5, 0.6) is 0 Å². The van der Waals surface area contributed by atoms with Crippen molar-refractivity contribution in [2.45, 2.75) is 20.8 Å². The molecule has 0 aliphatic carbocycles. The maximum Gasteiger partial charge on any atom is 0.282 e. The molecule has 2 aliphatic rings. The molecule has 1 aromatic heterocycles. The Balaban J connectivity index is 1.48. The largest absolute Gasteiger partial charge is 0.368 e. The molecule has 2 amide bonds. The lowest BCUT2D eigenvalue weighted by Crippen LogP contribution is -2.47. The summed E-state index contributed by atoms with van der Waals surface area (Å²) in [7, 11) is 0. The van der Waals surface area contributed by atoms with Crippen LogP contribution in [0, 0.1) is 20.8 Å². The number of piperazine rings is 1. The number of hydrogen-bond acceptors (Lipinski definition) is 5. The Morgan fingerprint density at radius 1 is 0.788 bits per heavy atom. The number of anilines is 2. The molecule has 33 heavy (non-hydrogen) atoms. The van der Waals surface area contributed by atoms with Crippen LogP contribution in [0.4, 0.5) is 11.4 Å². The second kappa shape index (κ2) is 8.52. The van der Waals surface area contributed by atoms with Crippen molar-refractivity contribution < 1.29 is 9.59 Å². The van der Waals surface area contributed by atoms with Crippen LogP contribution in [0.3, 0.4) is 0 Å². The summed E-state index contributed by atoms with van der Waals surface area (Å²) in [5.41, 5.74) is 6.19. The van der Waals surface area contributed by atoms with Crippen LogP contribution in [0.1, 0.15) is 21.6 Å². The molecular formula is C27H27N3O2S. The summed E-state index contributed by atoms with van der Waals surface area (Å²) in [5, 5.41) is 1.95. The Labute approximate surface area is 198 Å². The molecule has 2 aromatic carbocycles. The molecule has 1 fully saturated rings. The average Bonchev–Trinajstić information content (AvgIpc) is 3.42.